The van der Waals surface area contributed by atoms with Crippen LogP contribution in [-0.4, -0.2) is 60.8 Å². The number of amides is 1. The van der Waals surface area contributed by atoms with Crippen molar-refractivity contribution in [1.82, 2.24) is 14.8 Å². The lowest BCUT2D eigenvalue weighted by Crippen LogP contribution is -2.16. The normalized spacial score (nSPS) is 12.7. The van der Waals surface area contributed by atoms with E-state index in [9.17, 15) is 9.59 Å². The molecule has 208 valence electrons. The Morgan fingerprint density at radius 2 is 1.79 bits per heavy atom. The molecule has 0 aliphatic heterocycles. The maximum atomic E-state index is 13.0. The van der Waals surface area contributed by atoms with Gasteiger partial charge in [-0.3, -0.25) is 9.36 Å². The molecule has 0 bridgehead atoms. The number of aromatic nitrogens is 3. The number of anilines is 1. The molecule has 2 aromatic heterocycles. The zero-order valence-electron chi connectivity index (χ0n) is 22.5. The number of ether oxygens (including phenoxy) is 4. The van der Waals surface area contributed by atoms with E-state index in [2.05, 4.69) is 22.1 Å². The van der Waals surface area contributed by atoms with E-state index in [0.29, 0.717) is 50.9 Å². The fourth-order valence-corrected chi connectivity index (χ4v) is 6.60. The maximum absolute atomic E-state index is 13.0. The number of carbonyl (C=O) groups is 2. The average molecular weight is 573 g/mol. The number of thiophene rings is 1. The van der Waals surface area contributed by atoms with Gasteiger partial charge in [0.25, 0.3) is 0 Å². The summed E-state index contributed by atoms with van der Waals surface area (Å²) in [5.74, 6) is 1.43. The Morgan fingerprint density at radius 3 is 2.44 bits per heavy atom. The molecule has 4 rings (SSSR count). The van der Waals surface area contributed by atoms with Crippen LogP contribution in [0.3, 0.4) is 0 Å². The van der Waals surface area contributed by atoms with Crippen molar-refractivity contribution in [2.75, 3.05) is 39.5 Å². The number of esters is 1. The zero-order chi connectivity index (χ0) is 27.9. The lowest BCUT2D eigenvalue weighted by Gasteiger charge is -2.14. The van der Waals surface area contributed by atoms with Gasteiger partial charge in [0, 0.05) is 17.0 Å². The summed E-state index contributed by atoms with van der Waals surface area (Å²) in [7, 11) is 6.00. The second-order valence-electron chi connectivity index (χ2n) is 8.72. The number of hydrogen-bond acceptors (Lipinski definition) is 10. The first-order valence-electron chi connectivity index (χ1n) is 12.5. The number of fused-ring (bicyclic) bond motifs is 1. The number of nitrogens with one attached hydrogen (secondary N) is 1. The topological polar surface area (TPSA) is 114 Å². The predicted molar refractivity (Wildman–Crippen MR) is 152 cm³/mol. The Morgan fingerprint density at radius 1 is 1.08 bits per heavy atom. The molecule has 0 spiro atoms. The molecule has 10 nitrogen and oxygen atoms in total. The van der Waals surface area contributed by atoms with Gasteiger partial charge in [0.05, 0.1) is 39.8 Å². The van der Waals surface area contributed by atoms with Crippen LogP contribution >= 0.6 is 23.1 Å². The Labute approximate surface area is 235 Å². The molecular formula is C27H32N4O6S2. The molecule has 1 amide bonds. The summed E-state index contributed by atoms with van der Waals surface area (Å²) in [4.78, 5) is 26.8. The highest BCUT2D eigenvalue weighted by molar-refractivity contribution is 7.99. The first-order valence-corrected chi connectivity index (χ1v) is 14.3. The highest BCUT2D eigenvalue weighted by atomic mass is 32.2. The number of allylic oxidation sites excluding steroid dienone is 1. The molecule has 0 atom stereocenters. The Bertz CT molecular complexity index is 1340. The van der Waals surface area contributed by atoms with Gasteiger partial charge in [-0.25, -0.2) is 4.79 Å². The second kappa shape index (κ2) is 13.0. The van der Waals surface area contributed by atoms with Crippen molar-refractivity contribution in [2.45, 2.75) is 43.8 Å². The number of rotatable bonds is 11. The number of hydrogen-bond donors (Lipinski definition) is 1. The van der Waals surface area contributed by atoms with Crippen LogP contribution < -0.4 is 19.5 Å². The number of methoxy groups -OCH3 is 4. The molecule has 3 aromatic rings. The van der Waals surface area contributed by atoms with Gasteiger partial charge in [0.2, 0.25) is 11.7 Å². The molecule has 1 aromatic carbocycles. The largest absolute Gasteiger partial charge is 0.493 e. The molecule has 0 unspecified atom stereocenters. The molecule has 0 radical (unpaired) electrons. The van der Waals surface area contributed by atoms with Crippen LogP contribution in [0, 0.1) is 0 Å². The average Bonchev–Trinajstić information content (AvgIpc) is 3.42. The van der Waals surface area contributed by atoms with Crippen molar-refractivity contribution >= 4 is 40.0 Å². The van der Waals surface area contributed by atoms with E-state index < -0.39 is 5.97 Å². The third-order valence-corrected chi connectivity index (χ3v) is 8.52. The van der Waals surface area contributed by atoms with Crippen molar-refractivity contribution in [3.63, 3.8) is 0 Å². The van der Waals surface area contributed by atoms with Gasteiger partial charge in [-0.05, 0) is 43.4 Å². The van der Waals surface area contributed by atoms with Crippen LogP contribution in [0.4, 0.5) is 5.00 Å². The highest BCUT2D eigenvalue weighted by Gasteiger charge is 2.27. The summed E-state index contributed by atoms with van der Waals surface area (Å²) >= 11 is 2.72. The van der Waals surface area contributed by atoms with E-state index >= 15 is 0 Å². The van der Waals surface area contributed by atoms with E-state index in [-0.39, 0.29) is 11.7 Å². The molecule has 2 heterocycles. The number of benzene rings is 1. The third kappa shape index (κ3) is 6.06. The van der Waals surface area contributed by atoms with Gasteiger partial charge in [-0.15, -0.1) is 28.1 Å². The van der Waals surface area contributed by atoms with Crippen LogP contribution in [0.25, 0.3) is 11.4 Å². The van der Waals surface area contributed by atoms with Gasteiger partial charge in [-0.2, -0.15) is 0 Å². The fraction of sp³-hybridized carbons (Fsp3) is 0.407. The van der Waals surface area contributed by atoms with E-state index in [1.807, 2.05) is 4.57 Å². The van der Waals surface area contributed by atoms with Gasteiger partial charge in [0.1, 0.15) is 5.00 Å². The molecule has 39 heavy (non-hydrogen) atoms. The zero-order valence-corrected chi connectivity index (χ0v) is 24.1. The minimum Gasteiger partial charge on any atom is -0.493 e. The van der Waals surface area contributed by atoms with E-state index in [0.717, 1.165) is 42.5 Å². The Kier molecular flexibility index (Phi) is 9.52. The molecular weight excluding hydrogens is 540 g/mol. The number of carbonyl (C=O) groups excluding carboxylic acids is 2. The van der Waals surface area contributed by atoms with Crippen molar-refractivity contribution < 1.29 is 28.5 Å². The summed E-state index contributed by atoms with van der Waals surface area (Å²) in [6.45, 7) is 4.28. The minimum absolute atomic E-state index is 0.0771. The van der Waals surface area contributed by atoms with Gasteiger partial charge >= 0.3 is 5.97 Å². The molecule has 1 N–H and O–H groups in total. The van der Waals surface area contributed by atoms with Crippen molar-refractivity contribution in [3.8, 4) is 28.6 Å². The van der Waals surface area contributed by atoms with Crippen molar-refractivity contribution in [3.05, 3.63) is 40.8 Å². The SMILES string of the molecule is C=CCn1c(SCC(=O)Nc2sc3c(c2C(=O)OC)CCCCC3)nnc1-c1cc(OC)c(OC)c(OC)c1. The summed E-state index contributed by atoms with van der Waals surface area (Å²) in [6.07, 6.45) is 6.67. The van der Waals surface area contributed by atoms with Gasteiger partial charge in [-0.1, -0.05) is 24.3 Å². The van der Waals surface area contributed by atoms with E-state index in [1.54, 1.807) is 39.5 Å². The van der Waals surface area contributed by atoms with Crippen LogP contribution in [0.5, 0.6) is 17.2 Å². The van der Waals surface area contributed by atoms with Crippen LogP contribution in [-0.2, 0) is 28.9 Å². The monoisotopic (exact) mass is 572 g/mol. The number of thioether (sulfide) groups is 1. The quantitative estimate of drug-likeness (QED) is 0.147. The summed E-state index contributed by atoms with van der Waals surface area (Å²) < 4.78 is 23.3. The minimum atomic E-state index is -0.418. The summed E-state index contributed by atoms with van der Waals surface area (Å²) in [5.41, 5.74) is 2.20. The van der Waals surface area contributed by atoms with E-state index in [1.165, 1.54) is 30.2 Å². The van der Waals surface area contributed by atoms with Crippen LogP contribution in [0.1, 0.15) is 40.1 Å². The van der Waals surface area contributed by atoms with Gasteiger partial charge < -0.3 is 24.3 Å². The molecule has 0 saturated carbocycles. The standard InChI is InChI=1S/C27H32N4O6S2/c1-6-12-31-24(16-13-18(34-2)23(36-4)19(14-16)35-3)29-30-27(31)38-15-21(32)28-25-22(26(33)37-5)17-10-8-7-9-11-20(17)39-25/h6,13-14H,1,7-12,15H2,2-5H3,(H,28,32). The Balaban J connectivity index is 1.56. The molecule has 0 saturated heterocycles. The lowest BCUT2D eigenvalue weighted by atomic mass is 10.1. The number of nitrogens with zero attached hydrogens (tertiary/aromatic N) is 3. The lowest BCUT2D eigenvalue weighted by molar-refractivity contribution is -0.113. The molecule has 1 aliphatic carbocycles. The second-order valence-corrected chi connectivity index (χ2v) is 10.8. The highest BCUT2D eigenvalue weighted by Crippen LogP contribution is 2.41. The van der Waals surface area contributed by atoms with Crippen molar-refractivity contribution in [1.29, 1.82) is 0 Å². The number of aryl methyl sites for hydroxylation is 1. The van der Waals surface area contributed by atoms with Crippen LogP contribution in [0.2, 0.25) is 0 Å². The van der Waals surface area contributed by atoms with Gasteiger partial charge in [0.15, 0.2) is 22.5 Å². The maximum Gasteiger partial charge on any atom is 0.341 e. The van der Waals surface area contributed by atoms with E-state index in [4.69, 9.17) is 18.9 Å². The Hall–Kier alpha value is -3.51. The molecule has 0 fully saturated rings. The molecule has 1 aliphatic rings. The first-order chi connectivity index (χ1) is 18.9. The summed E-state index contributed by atoms with van der Waals surface area (Å²) in [6, 6.07) is 3.59. The third-order valence-electron chi connectivity index (χ3n) is 6.35. The van der Waals surface area contributed by atoms with Crippen molar-refractivity contribution in [2.24, 2.45) is 0 Å². The van der Waals surface area contributed by atoms with Crippen LogP contribution in [0.15, 0.2) is 29.9 Å². The fourth-order valence-electron chi connectivity index (χ4n) is 4.55. The first kappa shape index (κ1) is 28.5. The smallest absolute Gasteiger partial charge is 0.341 e. The predicted octanol–water partition coefficient (Wildman–Crippen LogP) is 5.00. The summed E-state index contributed by atoms with van der Waals surface area (Å²) in [5, 5.41) is 12.7. The molecule has 12 heteroatoms.